The lowest BCUT2D eigenvalue weighted by atomic mass is 10.1. The molecule has 1 rings (SSSR count). The van der Waals surface area contributed by atoms with Gasteiger partial charge in [-0.05, 0) is 96.4 Å². The van der Waals surface area contributed by atoms with Crippen molar-refractivity contribution in [2.45, 2.75) is 12.8 Å². The molecule has 0 amide bonds. The van der Waals surface area contributed by atoms with Gasteiger partial charge in [0.2, 0.25) is 0 Å². The van der Waals surface area contributed by atoms with Crippen molar-refractivity contribution < 1.29 is 5.11 Å². The minimum Gasteiger partial charge on any atom is -0.507 e. The number of phenols is 1. The van der Waals surface area contributed by atoms with Crippen LogP contribution in [-0.2, 0) is 6.42 Å². The van der Waals surface area contributed by atoms with E-state index >= 15 is 0 Å². The molecule has 0 atom stereocenters. The third-order valence-corrected chi connectivity index (χ3v) is 3.60. The Morgan fingerprint density at radius 2 is 1.93 bits per heavy atom. The maximum Gasteiger partial charge on any atom is 0.132 e. The molecular formula is C11H15I2NO. The van der Waals surface area contributed by atoms with Crippen molar-refractivity contribution in [2.75, 3.05) is 20.6 Å². The fourth-order valence-corrected chi connectivity index (χ4v) is 3.36. The van der Waals surface area contributed by atoms with Crippen molar-refractivity contribution >= 4 is 45.2 Å². The van der Waals surface area contributed by atoms with E-state index in [1.54, 1.807) is 0 Å². The molecule has 0 heterocycles. The first-order chi connectivity index (χ1) is 7.00. The standard InChI is InChI=1S/C11H15I2NO/c1-14(2)5-3-4-8-6-9(12)7-10(13)11(8)15/h6-7,15H,3-5H2,1-2H3. The Hall–Kier alpha value is 0.440. The Morgan fingerprint density at radius 1 is 1.27 bits per heavy atom. The SMILES string of the molecule is CN(C)CCCc1cc(I)cc(I)c1O. The maximum absolute atomic E-state index is 9.86. The Balaban J connectivity index is 2.68. The normalized spacial score (nSPS) is 11.0. The van der Waals surface area contributed by atoms with E-state index in [0.717, 1.165) is 28.5 Å². The molecule has 0 aliphatic rings. The van der Waals surface area contributed by atoms with Crippen LogP contribution in [-0.4, -0.2) is 30.6 Å². The summed E-state index contributed by atoms with van der Waals surface area (Å²) in [7, 11) is 4.14. The second kappa shape index (κ2) is 6.24. The highest BCUT2D eigenvalue weighted by molar-refractivity contribution is 14.1. The van der Waals surface area contributed by atoms with Gasteiger partial charge in [0.25, 0.3) is 0 Å². The molecule has 0 unspecified atom stereocenters. The van der Waals surface area contributed by atoms with Gasteiger partial charge in [0.1, 0.15) is 5.75 Å². The Morgan fingerprint density at radius 3 is 2.53 bits per heavy atom. The van der Waals surface area contributed by atoms with Gasteiger partial charge in [-0.25, -0.2) is 0 Å². The molecule has 0 saturated heterocycles. The molecule has 0 spiro atoms. The zero-order chi connectivity index (χ0) is 11.4. The van der Waals surface area contributed by atoms with E-state index in [-0.39, 0.29) is 0 Å². The largest absolute Gasteiger partial charge is 0.507 e. The molecule has 15 heavy (non-hydrogen) atoms. The van der Waals surface area contributed by atoms with Crippen molar-refractivity contribution in [3.05, 3.63) is 24.8 Å². The smallest absolute Gasteiger partial charge is 0.132 e. The van der Waals surface area contributed by atoms with Crippen LogP contribution < -0.4 is 0 Å². The molecule has 0 aliphatic carbocycles. The lowest BCUT2D eigenvalue weighted by molar-refractivity contribution is 0.397. The number of hydrogen-bond donors (Lipinski definition) is 1. The van der Waals surface area contributed by atoms with Crippen molar-refractivity contribution in [1.82, 2.24) is 4.90 Å². The molecule has 2 nitrogen and oxygen atoms in total. The van der Waals surface area contributed by atoms with E-state index in [2.05, 4.69) is 70.2 Å². The number of aromatic hydroxyl groups is 1. The average Bonchev–Trinajstić information content (AvgIpc) is 2.12. The van der Waals surface area contributed by atoms with E-state index in [4.69, 9.17) is 0 Å². The second-order valence-electron chi connectivity index (χ2n) is 3.80. The van der Waals surface area contributed by atoms with E-state index < -0.39 is 0 Å². The number of nitrogens with zero attached hydrogens (tertiary/aromatic N) is 1. The molecular weight excluding hydrogens is 416 g/mol. The lowest BCUT2D eigenvalue weighted by Crippen LogP contribution is -2.13. The van der Waals surface area contributed by atoms with Gasteiger partial charge in [-0.15, -0.1) is 0 Å². The zero-order valence-corrected chi connectivity index (χ0v) is 13.2. The number of aryl methyl sites for hydroxylation is 1. The number of halogens is 2. The van der Waals surface area contributed by atoms with E-state index in [1.165, 1.54) is 3.57 Å². The summed E-state index contributed by atoms with van der Waals surface area (Å²) in [5.41, 5.74) is 1.06. The van der Waals surface area contributed by atoms with Crippen molar-refractivity contribution in [2.24, 2.45) is 0 Å². The summed E-state index contributed by atoms with van der Waals surface area (Å²) in [6.45, 7) is 1.06. The van der Waals surface area contributed by atoms with E-state index in [9.17, 15) is 5.11 Å². The molecule has 1 aromatic rings. The molecule has 0 saturated carbocycles. The van der Waals surface area contributed by atoms with Gasteiger partial charge in [-0.2, -0.15) is 0 Å². The fourth-order valence-electron chi connectivity index (χ4n) is 1.40. The summed E-state index contributed by atoms with van der Waals surface area (Å²) in [5, 5.41) is 9.86. The van der Waals surface area contributed by atoms with Crippen LogP contribution >= 0.6 is 45.2 Å². The predicted molar refractivity (Wildman–Crippen MR) is 80.4 cm³/mol. The lowest BCUT2D eigenvalue weighted by Gasteiger charge is -2.11. The van der Waals surface area contributed by atoms with Crippen molar-refractivity contribution in [3.8, 4) is 5.75 Å². The minimum absolute atomic E-state index is 0.453. The van der Waals surface area contributed by atoms with Gasteiger partial charge in [-0.3, -0.25) is 0 Å². The van der Waals surface area contributed by atoms with Crippen LogP contribution in [0, 0.1) is 7.14 Å². The average molecular weight is 431 g/mol. The Labute approximate surface area is 118 Å². The number of rotatable bonds is 4. The van der Waals surface area contributed by atoms with Crippen LogP contribution in [0.4, 0.5) is 0 Å². The van der Waals surface area contributed by atoms with Gasteiger partial charge >= 0.3 is 0 Å². The van der Waals surface area contributed by atoms with Gasteiger partial charge in [0.05, 0.1) is 3.57 Å². The van der Waals surface area contributed by atoms with Crippen LogP contribution in [0.3, 0.4) is 0 Å². The van der Waals surface area contributed by atoms with E-state index in [0.29, 0.717) is 5.75 Å². The number of hydrogen-bond acceptors (Lipinski definition) is 2. The third-order valence-electron chi connectivity index (χ3n) is 2.16. The highest BCUT2D eigenvalue weighted by Crippen LogP contribution is 2.27. The fraction of sp³-hybridized carbons (Fsp3) is 0.455. The molecule has 1 aromatic carbocycles. The molecule has 0 radical (unpaired) electrons. The topological polar surface area (TPSA) is 23.5 Å². The maximum atomic E-state index is 9.86. The number of benzene rings is 1. The first-order valence-corrected chi connectivity index (χ1v) is 6.98. The van der Waals surface area contributed by atoms with Crippen LogP contribution in [0.5, 0.6) is 5.75 Å². The van der Waals surface area contributed by atoms with Gasteiger partial charge < -0.3 is 10.0 Å². The molecule has 1 N–H and O–H groups in total. The summed E-state index contributed by atoms with van der Waals surface area (Å²) < 4.78 is 2.13. The Bertz CT molecular complexity index is 340. The summed E-state index contributed by atoms with van der Waals surface area (Å²) in [5.74, 6) is 0.453. The van der Waals surface area contributed by atoms with Crippen molar-refractivity contribution in [1.29, 1.82) is 0 Å². The molecule has 0 aromatic heterocycles. The van der Waals surface area contributed by atoms with Gasteiger partial charge in [0.15, 0.2) is 0 Å². The van der Waals surface area contributed by atoms with E-state index in [1.807, 2.05) is 6.07 Å². The Kier molecular flexibility index (Phi) is 5.62. The summed E-state index contributed by atoms with van der Waals surface area (Å²) in [4.78, 5) is 2.16. The highest BCUT2D eigenvalue weighted by Gasteiger charge is 2.06. The number of phenolic OH excluding ortho intramolecular Hbond substituents is 1. The minimum atomic E-state index is 0.453. The third kappa shape index (κ3) is 4.44. The van der Waals surface area contributed by atoms with Crippen LogP contribution in [0.15, 0.2) is 12.1 Å². The monoisotopic (exact) mass is 431 g/mol. The molecule has 84 valence electrons. The molecule has 4 heteroatoms. The second-order valence-corrected chi connectivity index (χ2v) is 6.21. The first kappa shape index (κ1) is 13.5. The predicted octanol–water partition coefficient (Wildman–Crippen LogP) is 3.10. The first-order valence-electron chi connectivity index (χ1n) is 4.82. The quantitative estimate of drug-likeness (QED) is 0.742. The van der Waals surface area contributed by atoms with Crippen LogP contribution in [0.1, 0.15) is 12.0 Å². The zero-order valence-electron chi connectivity index (χ0n) is 8.93. The van der Waals surface area contributed by atoms with Gasteiger partial charge in [0, 0.05) is 3.57 Å². The van der Waals surface area contributed by atoms with Crippen molar-refractivity contribution in [3.63, 3.8) is 0 Å². The molecule has 0 bridgehead atoms. The summed E-state index contributed by atoms with van der Waals surface area (Å²) >= 11 is 4.46. The molecule has 0 fully saturated rings. The summed E-state index contributed by atoms with van der Waals surface area (Å²) in [6, 6.07) is 4.06. The molecule has 0 aliphatic heterocycles. The van der Waals surface area contributed by atoms with Crippen LogP contribution in [0.25, 0.3) is 0 Å². The van der Waals surface area contributed by atoms with Gasteiger partial charge in [-0.1, -0.05) is 0 Å². The summed E-state index contributed by atoms with van der Waals surface area (Å²) in [6.07, 6.45) is 2.02. The highest BCUT2D eigenvalue weighted by atomic mass is 127. The van der Waals surface area contributed by atoms with Crippen LogP contribution in [0.2, 0.25) is 0 Å².